The van der Waals surface area contributed by atoms with Crippen molar-refractivity contribution in [1.82, 2.24) is 10.6 Å². The van der Waals surface area contributed by atoms with Gasteiger partial charge < -0.3 is 10.6 Å². The molecule has 2 aromatic rings. The van der Waals surface area contributed by atoms with Gasteiger partial charge in [0.05, 0.1) is 6.54 Å². The van der Waals surface area contributed by atoms with Gasteiger partial charge in [0.1, 0.15) is 11.6 Å². The summed E-state index contributed by atoms with van der Waals surface area (Å²) in [5.41, 5.74) is 0.363. The normalized spacial score (nSPS) is 11.5. The predicted molar refractivity (Wildman–Crippen MR) is 87.2 cm³/mol. The minimum absolute atomic E-state index is 0.363. The molecule has 0 spiro atoms. The smallest absolute Gasteiger partial charge is 0.191 e. The molecule has 0 bridgehead atoms. The Balaban J connectivity index is 1.88. The molecule has 0 fully saturated rings. The van der Waals surface area contributed by atoms with Crippen LogP contribution in [-0.2, 0) is 13.0 Å². The monoisotopic (exact) mass is 323 g/mol. The van der Waals surface area contributed by atoms with Crippen LogP contribution in [0.2, 0.25) is 0 Å². The van der Waals surface area contributed by atoms with Gasteiger partial charge in [-0.05, 0) is 48.6 Å². The molecule has 0 aliphatic heterocycles. The number of benzene rings is 1. The molecular formula is C16H19F2N3S. The fourth-order valence-electron chi connectivity index (χ4n) is 1.95. The van der Waals surface area contributed by atoms with Gasteiger partial charge >= 0.3 is 0 Å². The summed E-state index contributed by atoms with van der Waals surface area (Å²) >= 11 is 1.65. The number of halogens is 2. The van der Waals surface area contributed by atoms with Crippen molar-refractivity contribution in [3.8, 4) is 0 Å². The first-order chi connectivity index (χ1) is 10.7. The van der Waals surface area contributed by atoms with Gasteiger partial charge in [0.15, 0.2) is 5.96 Å². The van der Waals surface area contributed by atoms with Crippen LogP contribution in [0, 0.1) is 11.6 Å². The van der Waals surface area contributed by atoms with Crippen molar-refractivity contribution in [2.75, 3.05) is 13.1 Å². The molecule has 0 unspecified atom stereocenters. The van der Waals surface area contributed by atoms with Crippen molar-refractivity contribution >= 4 is 17.3 Å². The van der Waals surface area contributed by atoms with E-state index in [2.05, 4.69) is 15.6 Å². The van der Waals surface area contributed by atoms with Crippen LogP contribution in [0.4, 0.5) is 8.78 Å². The average molecular weight is 323 g/mol. The molecule has 1 aromatic heterocycles. The van der Waals surface area contributed by atoms with E-state index in [1.807, 2.05) is 24.4 Å². The Kier molecular flexibility index (Phi) is 6.33. The zero-order valence-corrected chi connectivity index (χ0v) is 13.2. The molecule has 0 atom stereocenters. The molecule has 1 heterocycles. The highest BCUT2D eigenvalue weighted by Gasteiger charge is 2.04. The summed E-state index contributed by atoms with van der Waals surface area (Å²) in [6.45, 7) is 3.80. The third-order valence-corrected chi connectivity index (χ3v) is 3.87. The second kappa shape index (κ2) is 8.48. The summed E-state index contributed by atoms with van der Waals surface area (Å²) < 4.78 is 26.6. The number of guanidine groups is 1. The molecule has 0 aliphatic carbocycles. The maximum absolute atomic E-state index is 13.5. The number of aliphatic imine (C=N–C) groups is 1. The Morgan fingerprint density at radius 3 is 2.82 bits per heavy atom. The lowest BCUT2D eigenvalue weighted by atomic mass is 10.1. The van der Waals surface area contributed by atoms with E-state index in [1.54, 1.807) is 11.3 Å². The van der Waals surface area contributed by atoms with E-state index in [9.17, 15) is 8.78 Å². The number of nitrogens with one attached hydrogen (secondary N) is 2. The Labute approximate surface area is 133 Å². The molecule has 0 saturated heterocycles. The molecular weight excluding hydrogens is 304 g/mol. The van der Waals surface area contributed by atoms with E-state index in [0.717, 1.165) is 18.7 Å². The lowest BCUT2D eigenvalue weighted by Crippen LogP contribution is -2.38. The first-order valence-corrected chi connectivity index (χ1v) is 8.05. The second-order valence-electron chi connectivity index (χ2n) is 4.69. The molecule has 22 heavy (non-hydrogen) atoms. The van der Waals surface area contributed by atoms with E-state index in [4.69, 9.17) is 0 Å². The minimum Gasteiger partial charge on any atom is -0.357 e. The summed E-state index contributed by atoms with van der Waals surface area (Å²) in [6.07, 6.45) is 0.396. The third kappa shape index (κ3) is 5.11. The van der Waals surface area contributed by atoms with Gasteiger partial charge in [0.25, 0.3) is 0 Å². The van der Waals surface area contributed by atoms with E-state index in [0.29, 0.717) is 31.0 Å². The molecule has 3 nitrogen and oxygen atoms in total. The second-order valence-corrected chi connectivity index (χ2v) is 5.72. The summed E-state index contributed by atoms with van der Waals surface area (Å²) in [5.74, 6) is -0.133. The van der Waals surface area contributed by atoms with Gasteiger partial charge in [0.2, 0.25) is 0 Å². The van der Waals surface area contributed by atoms with Gasteiger partial charge in [-0.3, -0.25) is 0 Å². The van der Waals surface area contributed by atoms with Gasteiger partial charge in [-0.25, -0.2) is 13.8 Å². The molecule has 118 valence electrons. The van der Waals surface area contributed by atoms with Crippen molar-refractivity contribution in [3.63, 3.8) is 0 Å². The van der Waals surface area contributed by atoms with Crippen molar-refractivity contribution in [3.05, 3.63) is 57.8 Å². The predicted octanol–water partition coefficient (Wildman–Crippen LogP) is 3.32. The third-order valence-electron chi connectivity index (χ3n) is 3.01. The number of hydrogen-bond donors (Lipinski definition) is 2. The van der Waals surface area contributed by atoms with E-state index < -0.39 is 5.82 Å². The Hall–Kier alpha value is -1.95. The van der Waals surface area contributed by atoms with Crippen LogP contribution in [-0.4, -0.2) is 19.0 Å². The zero-order chi connectivity index (χ0) is 15.8. The van der Waals surface area contributed by atoms with Crippen LogP contribution in [0.5, 0.6) is 0 Å². The largest absolute Gasteiger partial charge is 0.357 e. The fourth-order valence-corrected chi connectivity index (χ4v) is 2.58. The SMILES string of the molecule is CCNC(=NCc1cccs1)NCCc1cc(F)ccc1F. The number of nitrogens with zero attached hydrogens (tertiary/aromatic N) is 1. The van der Waals surface area contributed by atoms with Crippen LogP contribution >= 0.6 is 11.3 Å². The quantitative estimate of drug-likeness (QED) is 0.632. The van der Waals surface area contributed by atoms with Crippen molar-refractivity contribution in [2.45, 2.75) is 19.9 Å². The summed E-state index contributed by atoms with van der Waals surface area (Å²) in [5, 5.41) is 8.28. The Morgan fingerprint density at radius 1 is 1.23 bits per heavy atom. The van der Waals surface area contributed by atoms with Gasteiger partial charge in [-0.2, -0.15) is 0 Å². The molecule has 1 aromatic carbocycles. The first kappa shape index (κ1) is 16.4. The molecule has 0 radical (unpaired) electrons. The molecule has 0 amide bonds. The maximum atomic E-state index is 13.5. The highest BCUT2D eigenvalue weighted by Crippen LogP contribution is 2.10. The standard InChI is InChI=1S/C16H19F2N3S/c1-2-19-16(21-11-14-4-3-9-22-14)20-8-7-12-10-13(17)5-6-15(12)18/h3-6,9-10H,2,7-8,11H2,1H3,(H2,19,20,21). The van der Waals surface area contributed by atoms with Crippen LogP contribution in [0.3, 0.4) is 0 Å². The van der Waals surface area contributed by atoms with Crippen LogP contribution in [0.15, 0.2) is 40.7 Å². The summed E-state index contributed by atoms with van der Waals surface area (Å²) in [6, 6.07) is 7.52. The number of rotatable bonds is 6. The molecule has 0 aliphatic rings. The lowest BCUT2D eigenvalue weighted by molar-refractivity contribution is 0.583. The van der Waals surface area contributed by atoms with E-state index >= 15 is 0 Å². The average Bonchev–Trinajstić information content (AvgIpc) is 3.01. The summed E-state index contributed by atoms with van der Waals surface area (Å²) in [4.78, 5) is 5.64. The van der Waals surface area contributed by atoms with Crippen molar-refractivity contribution in [1.29, 1.82) is 0 Å². The Bertz CT molecular complexity index is 612. The van der Waals surface area contributed by atoms with E-state index in [-0.39, 0.29) is 5.82 Å². The molecule has 2 rings (SSSR count). The maximum Gasteiger partial charge on any atom is 0.191 e. The topological polar surface area (TPSA) is 36.4 Å². The van der Waals surface area contributed by atoms with Gasteiger partial charge in [0, 0.05) is 18.0 Å². The van der Waals surface area contributed by atoms with Crippen LogP contribution in [0.25, 0.3) is 0 Å². The van der Waals surface area contributed by atoms with E-state index in [1.165, 1.54) is 10.9 Å². The van der Waals surface area contributed by atoms with Crippen LogP contribution < -0.4 is 10.6 Å². The number of hydrogen-bond acceptors (Lipinski definition) is 2. The highest BCUT2D eigenvalue weighted by molar-refractivity contribution is 7.09. The van der Waals surface area contributed by atoms with Crippen molar-refractivity contribution in [2.24, 2.45) is 4.99 Å². The van der Waals surface area contributed by atoms with Gasteiger partial charge in [-0.15, -0.1) is 11.3 Å². The first-order valence-electron chi connectivity index (χ1n) is 7.17. The molecule has 6 heteroatoms. The fraction of sp³-hybridized carbons (Fsp3) is 0.312. The zero-order valence-electron chi connectivity index (χ0n) is 12.4. The number of thiophene rings is 1. The van der Waals surface area contributed by atoms with Crippen molar-refractivity contribution < 1.29 is 8.78 Å². The highest BCUT2D eigenvalue weighted by atomic mass is 32.1. The minimum atomic E-state index is -0.422. The summed E-state index contributed by atoms with van der Waals surface area (Å²) in [7, 11) is 0. The lowest BCUT2D eigenvalue weighted by Gasteiger charge is -2.11. The van der Waals surface area contributed by atoms with Gasteiger partial charge in [-0.1, -0.05) is 6.07 Å². The molecule has 2 N–H and O–H groups in total. The molecule has 0 saturated carbocycles. The van der Waals surface area contributed by atoms with Crippen LogP contribution in [0.1, 0.15) is 17.4 Å². The Morgan fingerprint density at radius 2 is 2.09 bits per heavy atom.